The zero-order valence-corrected chi connectivity index (χ0v) is 20.7. The lowest BCUT2D eigenvalue weighted by Gasteiger charge is -2.40. The van der Waals surface area contributed by atoms with Gasteiger partial charge in [-0.25, -0.2) is 9.37 Å². The van der Waals surface area contributed by atoms with E-state index in [-0.39, 0.29) is 23.9 Å². The number of halogens is 1. The number of benzene rings is 1. The molecular formula is C26H36FN7O2. The number of piperidine rings is 1. The van der Waals surface area contributed by atoms with Crippen LogP contribution in [-0.4, -0.2) is 100.0 Å². The first-order chi connectivity index (χ1) is 17.5. The fourth-order valence-electron chi connectivity index (χ4n) is 5.61. The Morgan fingerprint density at radius 3 is 2.36 bits per heavy atom. The quantitative estimate of drug-likeness (QED) is 0.622. The topological polar surface area (TPSA) is 97.7 Å². The summed E-state index contributed by atoms with van der Waals surface area (Å²) in [4.78, 5) is 24.1. The molecule has 9 nitrogen and oxygen atoms in total. The van der Waals surface area contributed by atoms with Crippen LogP contribution in [0.25, 0.3) is 11.3 Å². The number of nitrogens with zero attached hydrogens (tertiary/aromatic N) is 6. The molecule has 36 heavy (non-hydrogen) atoms. The third kappa shape index (κ3) is 6.35. The summed E-state index contributed by atoms with van der Waals surface area (Å²) in [6.07, 6.45) is 7.50. The van der Waals surface area contributed by atoms with Gasteiger partial charge in [0.1, 0.15) is 5.82 Å². The van der Waals surface area contributed by atoms with Crippen molar-refractivity contribution in [3.8, 4) is 11.3 Å². The molecule has 3 fully saturated rings. The van der Waals surface area contributed by atoms with E-state index >= 15 is 0 Å². The first-order valence-electron chi connectivity index (χ1n) is 13.2. The summed E-state index contributed by atoms with van der Waals surface area (Å²) in [6, 6.07) is 7.05. The average molecular weight is 498 g/mol. The lowest BCUT2D eigenvalue weighted by molar-refractivity contribution is -0.123. The van der Waals surface area contributed by atoms with E-state index in [1.165, 1.54) is 12.1 Å². The maximum atomic E-state index is 13.2. The highest BCUT2D eigenvalue weighted by atomic mass is 19.1. The number of hydrogen-bond donors (Lipinski definition) is 2. The molecule has 2 aromatic rings. The minimum atomic E-state index is -0.284. The average Bonchev–Trinajstić information content (AvgIpc) is 2.90. The molecule has 3 aliphatic rings. The number of carbonyl (C=O) groups excluding carboxylic acids is 1. The molecule has 3 heterocycles. The van der Waals surface area contributed by atoms with Crippen molar-refractivity contribution in [3.05, 3.63) is 36.3 Å². The van der Waals surface area contributed by atoms with Crippen LogP contribution in [-0.2, 0) is 4.79 Å². The number of aliphatic hydroxyl groups excluding tert-OH is 1. The van der Waals surface area contributed by atoms with Crippen LogP contribution in [0.15, 0.2) is 30.5 Å². The molecule has 1 saturated carbocycles. The second-order valence-corrected chi connectivity index (χ2v) is 10.3. The maximum Gasteiger partial charge on any atom is 0.245 e. The number of likely N-dealkylation sites (tertiary alicyclic amines) is 1. The van der Waals surface area contributed by atoms with Gasteiger partial charge in [-0.1, -0.05) is 0 Å². The van der Waals surface area contributed by atoms with Crippen molar-refractivity contribution in [1.82, 2.24) is 30.3 Å². The molecule has 194 valence electrons. The van der Waals surface area contributed by atoms with E-state index in [0.29, 0.717) is 24.2 Å². The maximum absolute atomic E-state index is 13.2. The molecule has 2 aliphatic heterocycles. The molecule has 2 N–H and O–H groups in total. The van der Waals surface area contributed by atoms with Crippen LogP contribution < -0.4 is 10.2 Å². The fraction of sp³-hybridized carbons (Fsp3) is 0.615. The summed E-state index contributed by atoms with van der Waals surface area (Å²) in [5, 5.41) is 21.3. The van der Waals surface area contributed by atoms with Crippen molar-refractivity contribution in [3.63, 3.8) is 0 Å². The van der Waals surface area contributed by atoms with Gasteiger partial charge in [-0.05, 0) is 62.8 Å². The summed E-state index contributed by atoms with van der Waals surface area (Å²) in [7, 11) is 0. The number of nitrogens with one attached hydrogen (secondary N) is 1. The zero-order chi connectivity index (χ0) is 24.9. The van der Waals surface area contributed by atoms with Crippen LogP contribution in [0.2, 0.25) is 0 Å². The minimum absolute atomic E-state index is 0.101. The van der Waals surface area contributed by atoms with E-state index in [2.05, 4.69) is 35.2 Å². The van der Waals surface area contributed by atoms with E-state index in [1.807, 2.05) is 0 Å². The molecule has 0 unspecified atom stereocenters. The molecule has 1 aromatic heterocycles. The molecule has 1 aromatic carbocycles. The predicted octanol–water partition coefficient (Wildman–Crippen LogP) is 1.68. The normalized spacial score (nSPS) is 24.6. The first kappa shape index (κ1) is 25.0. The van der Waals surface area contributed by atoms with E-state index in [1.54, 1.807) is 18.3 Å². The fourth-order valence-corrected chi connectivity index (χ4v) is 5.61. The van der Waals surface area contributed by atoms with Gasteiger partial charge in [-0.3, -0.25) is 9.69 Å². The number of amides is 1. The third-order valence-corrected chi connectivity index (χ3v) is 7.79. The summed E-state index contributed by atoms with van der Waals surface area (Å²) in [5.41, 5.74) is 1.46. The molecule has 10 heteroatoms. The van der Waals surface area contributed by atoms with Gasteiger partial charge in [0.2, 0.25) is 11.9 Å². The summed E-state index contributed by atoms with van der Waals surface area (Å²) in [6.45, 7) is 5.34. The summed E-state index contributed by atoms with van der Waals surface area (Å²) >= 11 is 0. The largest absolute Gasteiger partial charge is 0.393 e. The highest BCUT2D eigenvalue weighted by Crippen LogP contribution is 2.26. The third-order valence-electron chi connectivity index (χ3n) is 7.79. The number of piperazine rings is 1. The number of hydrogen-bond acceptors (Lipinski definition) is 8. The Morgan fingerprint density at radius 1 is 0.972 bits per heavy atom. The first-order valence-corrected chi connectivity index (χ1v) is 13.2. The molecular weight excluding hydrogens is 461 g/mol. The Kier molecular flexibility index (Phi) is 8.03. The van der Waals surface area contributed by atoms with E-state index in [9.17, 15) is 14.3 Å². The molecule has 0 radical (unpaired) electrons. The van der Waals surface area contributed by atoms with Gasteiger partial charge in [-0.15, -0.1) is 5.10 Å². The molecule has 0 atom stereocenters. The van der Waals surface area contributed by atoms with E-state index < -0.39 is 0 Å². The molecule has 0 spiro atoms. The highest BCUT2D eigenvalue weighted by Gasteiger charge is 2.29. The standard InChI is InChI=1S/C26H36FN7O2/c27-20-3-1-19(2-4-20)24-17-28-31-26(30-24)34-15-13-32(14-16-34)18-25(36)29-21-5-7-22(8-6-21)33-11-9-23(35)10-12-33/h1-4,17,21-23,35H,5-16,18H2,(H,29,36). The van der Waals surface area contributed by atoms with Gasteiger partial charge in [0, 0.05) is 56.9 Å². The Hall–Kier alpha value is -2.69. The van der Waals surface area contributed by atoms with E-state index in [0.717, 1.165) is 83.4 Å². The minimum Gasteiger partial charge on any atom is -0.393 e. The highest BCUT2D eigenvalue weighted by molar-refractivity contribution is 5.78. The van der Waals surface area contributed by atoms with E-state index in [4.69, 9.17) is 0 Å². The molecule has 1 aliphatic carbocycles. The van der Waals surface area contributed by atoms with Crippen LogP contribution >= 0.6 is 0 Å². The second kappa shape index (κ2) is 11.6. The van der Waals surface area contributed by atoms with Crippen LogP contribution in [0.1, 0.15) is 38.5 Å². The van der Waals surface area contributed by atoms with Crippen LogP contribution in [0.4, 0.5) is 10.3 Å². The van der Waals surface area contributed by atoms with Gasteiger partial charge >= 0.3 is 0 Å². The number of aromatic nitrogens is 3. The van der Waals surface area contributed by atoms with Gasteiger partial charge in [0.15, 0.2) is 0 Å². The lowest BCUT2D eigenvalue weighted by Crippen LogP contribution is -2.52. The van der Waals surface area contributed by atoms with Crippen molar-refractivity contribution in [2.75, 3.05) is 50.7 Å². The van der Waals surface area contributed by atoms with Crippen molar-refractivity contribution in [2.24, 2.45) is 0 Å². The van der Waals surface area contributed by atoms with Crippen LogP contribution in [0.5, 0.6) is 0 Å². The molecule has 5 rings (SSSR count). The Bertz CT molecular complexity index is 1000. The van der Waals surface area contributed by atoms with Crippen molar-refractivity contribution in [1.29, 1.82) is 0 Å². The van der Waals surface area contributed by atoms with Crippen molar-refractivity contribution in [2.45, 2.75) is 56.7 Å². The second-order valence-electron chi connectivity index (χ2n) is 10.3. The van der Waals surface area contributed by atoms with Gasteiger partial charge in [-0.2, -0.15) is 5.10 Å². The van der Waals surface area contributed by atoms with Crippen molar-refractivity contribution >= 4 is 11.9 Å². The summed E-state index contributed by atoms with van der Waals surface area (Å²) in [5.74, 6) is 0.373. The molecule has 2 saturated heterocycles. The number of anilines is 1. The summed E-state index contributed by atoms with van der Waals surface area (Å²) < 4.78 is 13.2. The SMILES string of the molecule is O=C(CN1CCN(c2nncc(-c3ccc(F)cc3)n2)CC1)NC1CCC(N2CCC(O)CC2)CC1. The Labute approximate surface area is 211 Å². The number of carbonyl (C=O) groups is 1. The molecule has 0 bridgehead atoms. The zero-order valence-electron chi connectivity index (χ0n) is 20.7. The van der Waals surface area contributed by atoms with Crippen molar-refractivity contribution < 1.29 is 14.3 Å². The van der Waals surface area contributed by atoms with Crippen LogP contribution in [0.3, 0.4) is 0 Å². The predicted molar refractivity (Wildman–Crippen MR) is 135 cm³/mol. The Morgan fingerprint density at radius 2 is 1.67 bits per heavy atom. The number of rotatable bonds is 6. The molecule has 1 amide bonds. The monoisotopic (exact) mass is 497 g/mol. The Balaban J connectivity index is 1.04. The van der Waals surface area contributed by atoms with Crippen LogP contribution in [0, 0.1) is 5.82 Å². The van der Waals surface area contributed by atoms with Gasteiger partial charge in [0.05, 0.1) is 24.5 Å². The number of aliphatic hydroxyl groups is 1. The van der Waals surface area contributed by atoms with Gasteiger partial charge in [0.25, 0.3) is 0 Å². The lowest BCUT2D eigenvalue weighted by atomic mass is 9.89. The van der Waals surface area contributed by atoms with Gasteiger partial charge < -0.3 is 20.2 Å². The smallest absolute Gasteiger partial charge is 0.245 e.